The molecule has 8 heteroatoms. The van der Waals surface area contributed by atoms with Gasteiger partial charge in [-0.3, -0.25) is 14.2 Å². The fourth-order valence-corrected chi connectivity index (χ4v) is 4.62. The lowest BCUT2D eigenvalue weighted by atomic mass is 9.97. The molecule has 0 saturated carbocycles. The van der Waals surface area contributed by atoms with Crippen molar-refractivity contribution < 1.29 is 9.53 Å². The molecule has 1 N–H and O–H groups in total. The van der Waals surface area contributed by atoms with E-state index in [-0.39, 0.29) is 17.4 Å². The highest BCUT2D eigenvalue weighted by atomic mass is 16.5. The van der Waals surface area contributed by atoms with Crippen LogP contribution in [0, 0.1) is 12.8 Å². The molecular formula is C28H29N5O3. The molecule has 1 aliphatic heterocycles. The van der Waals surface area contributed by atoms with E-state index in [0.29, 0.717) is 48.1 Å². The monoisotopic (exact) mass is 483 g/mol. The van der Waals surface area contributed by atoms with Crippen molar-refractivity contribution in [1.82, 2.24) is 14.5 Å². The molecule has 1 aliphatic rings. The number of hydrogen-bond donors (Lipinski definition) is 1. The van der Waals surface area contributed by atoms with Crippen molar-refractivity contribution in [2.45, 2.75) is 26.3 Å². The Morgan fingerprint density at radius 2 is 1.97 bits per heavy atom. The summed E-state index contributed by atoms with van der Waals surface area (Å²) < 4.78 is 6.94. The Balaban J connectivity index is 1.43. The van der Waals surface area contributed by atoms with Gasteiger partial charge in [-0.2, -0.15) is 0 Å². The summed E-state index contributed by atoms with van der Waals surface area (Å²) in [7, 11) is 1.59. The molecule has 0 bridgehead atoms. The van der Waals surface area contributed by atoms with Crippen molar-refractivity contribution in [2.24, 2.45) is 5.92 Å². The number of carbonyl (C=O) groups is 1. The van der Waals surface area contributed by atoms with Gasteiger partial charge in [-0.05, 0) is 49.6 Å². The smallest absolute Gasteiger partial charge is 0.295 e. The normalized spacial score (nSPS) is 15.6. The van der Waals surface area contributed by atoms with Crippen LogP contribution in [0.5, 0.6) is 5.75 Å². The van der Waals surface area contributed by atoms with Crippen LogP contribution in [0.3, 0.4) is 0 Å². The summed E-state index contributed by atoms with van der Waals surface area (Å²) in [6, 6.07) is 19.1. The van der Waals surface area contributed by atoms with Gasteiger partial charge in [0.2, 0.25) is 5.91 Å². The minimum Gasteiger partial charge on any atom is -0.497 e. The van der Waals surface area contributed by atoms with Crippen LogP contribution in [0.25, 0.3) is 11.2 Å². The molecule has 8 nitrogen and oxygen atoms in total. The Bertz CT molecular complexity index is 1450. The molecule has 0 radical (unpaired) electrons. The number of piperidine rings is 1. The third-order valence-corrected chi connectivity index (χ3v) is 6.57. The van der Waals surface area contributed by atoms with E-state index in [4.69, 9.17) is 9.72 Å². The maximum absolute atomic E-state index is 13.7. The maximum atomic E-state index is 13.7. The van der Waals surface area contributed by atoms with Gasteiger partial charge in [-0.1, -0.05) is 35.9 Å². The van der Waals surface area contributed by atoms with Gasteiger partial charge < -0.3 is 15.0 Å². The number of nitrogens with one attached hydrogen (secondary N) is 1. The molecule has 0 aliphatic carbocycles. The van der Waals surface area contributed by atoms with Crippen LogP contribution in [0.4, 0.5) is 11.5 Å². The Labute approximate surface area is 209 Å². The van der Waals surface area contributed by atoms with Crippen molar-refractivity contribution in [3.8, 4) is 5.75 Å². The Kier molecular flexibility index (Phi) is 6.66. The number of rotatable bonds is 6. The molecule has 184 valence electrons. The van der Waals surface area contributed by atoms with Crippen molar-refractivity contribution in [3.05, 3.63) is 88.3 Å². The zero-order valence-electron chi connectivity index (χ0n) is 20.5. The highest BCUT2D eigenvalue weighted by molar-refractivity contribution is 5.93. The first kappa shape index (κ1) is 23.5. The van der Waals surface area contributed by atoms with Gasteiger partial charge >= 0.3 is 0 Å². The molecule has 1 amide bonds. The topological polar surface area (TPSA) is 89.3 Å². The molecule has 1 fully saturated rings. The van der Waals surface area contributed by atoms with E-state index in [2.05, 4.69) is 10.3 Å². The molecule has 36 heavy (non-hydrogen) atoms. The summed E-state index contributed by atoms with van der Waals surface area (Å²) in [5, 5.41) is 2.99. The number of benzene rings is 2. The summed E-state index contributed by atoms with van der Waals surface area (Å²) in [6.07, 6.45) is 3.22. The van der Waals surface area contributed by atoms with Gasteiger partial charge in [0.05, 0.1) is 19.6 Å². The lowest BCUT2D eigenvalue weighted by molar-refractivity contribution is -0.120. The van der Waals surface area contributed by atoms with Gasteiger partial charge in [0.15, 0.2) is 11.5 Å². The number of carbonyl (C=O) groups excluding carboxylic acids is 1. The molecule has 1 unspecified atom stereocenters. The van der Waals surface area contributed by atoms with Crippen LogP contribution >= 0.6 is 0 Å². The molecular weight excluding hydrogens is 454 g/mol. The minimum atomic E-state index is -0.263. The zero-order chi connectivity index (χ0) is 25.1. The highest BCUT2D eigenvalue weighted by Crippen LogP contribution is 2.24. The molecule has 5 rings (SSSR count). The van der Waals surface area contributed by atoms with E-state index < -0.39 is 0 Å². The quantitative estimate of drug-likeness (QED) is 0.446. The number of nitrogens with zero attached hydrogens (tertiary/aromatic N) is 4. The number of aryl methyl sites for hydroxylation is 1. The summed E-state index contributed by atoms with van der Waals surface area (Å²) in [6.45, 7) is 3.53. The van der Waals surface area contributed by atoms with Crippen LogP contribution in [-0.2, 0) is 11.3 Å². The van der Waals surface area contributed by atoms with Crippen LogP contribution < -0.4 is 20.5 Å². The van der Waals surface area contributed by atoms with Crippen molar-refractivity contribution in [1.29, 1.82) is 0 Å². The number of aromatic nitrogens is 3. The second-order valence-electron chi connectivity index (χ2n) is 9.16. The first-order valence-electron chi connectivity index (χ1n) is 12.1. The van der Waals surface area contributed by atoms with Gasteiger partial charge in [0.1, 0.15) is 11.3 Å². The van der Waals surface area contributed by atoms with E-state index in [9.17, 15) is 9.59 Å². The molecule has 3 heterocycles. The molecule has 0 spiro atoms. The van der Waals surface area contributed by atoms with E-state index in [1.807, 2.05) is 66.4 Å². The largest absolute Gasteiger partial charge is 0.497 e. The van der Waals surface area contributed by atoms with E-state index >= 15 is 0 Å². The molecule has 1 saturated heterocycles. The van der Waals surface area contributed by atoms with Crippen molar-refractivity contribution in [3.63, 3.8) is 0 Å². The number of amides is 1. The average molecular weight is 484 g/mol. The van der Waals surface area contributed by atoms with Crippen LogP contribution in [0.2, 0.25) is 0 Å². The lowest BCUT2D eigenvalue weighted by Gasteiger charge is -2.32. The van der Waals surface area contributed by atoms with E-state index in [1.54, 1.807) is 23.9 Å². The molecule has 2 aromatic carbocycles. The molecule has 1 atom stereocenters. The third kappa shape index (κ3) is 4.93. The number of pyridine rings is 1. The van der Waals surface area contributed by atoms with E-state index in [1.165, 1.54) is 0 Å². The highest BCUT2D eigenvalue weighted by Gasteiger charge is 2.29. The average Bonchev–Trinajstić information content (AvgIpc) is 2.91. The number of methoxy groups -OCH3 is 1. The van der Waals surface area contributed by atoms with Gasteiger partial charge in [-0.25, -0.2) is 9.97 Å². The van der Waals surface area contributed by atoms with Crippen LogP contribution in [-0.4, -0.2) is 40.6 Å². The summed E-state index contributed by atoms with van der Waals surface area (Å²) >= 11 is 0. The predicted octanol–water partition coefficient (Wildman–Crippen LogP) is 4.01. The SMILES string of the molecule is COc1cccc(NC(=O)C2CCCN(c3nc4cccnc4n(Cc4ccc(C)cc4)c3=O)C2)c1. The zero-order valence-corrected chi connectivity index (χ0v) is 20.5. The molecule has 2 aromatic heterocycles. The Morgan fingerprint density at radius 3 is 2.78 bits per heavy atom. The summed E-state index contributed by atoms with van der Waals surface area (Å²) in [5.41, 5.74) is 3.87. The number of fused-ring (bicyclic) bond motifs is 1. The van der Waals surface area contributed by atoms with Gasteiger partial charge in [0.25, 0.3) is 5.56 Å². The first-order chi connectivity index (χ1) is 17.5. The lowest BCUT2D eigenvalue weighted by Crippen LogP contribution is -2.44. The van der Waals surface area contributed by atoms with Gasteiger partial charge in [0, 0.05) is 31.0 Å². The van der Waals surface area contributed by atoms with Crippen LogP contribution in [0.15, 0.2) is 71.7 Å². The first-order valence-corrected chi connectivity index (χ1v) is 12.1. The number of anilines is 2. The molecule has 4 aromatic rings. The van der Waals surface area contributed by atoms with Gasteiger partial charge in [-0.15, -0.1) is 0 Å². The summed E-state index contributed by atoms with van der Waals surface area (Å²) in [5.74, 6) is 0.708. The summed E-state index contributed by atoms with van der Waals surface area (Å²) in [4.78, 5) is 37.9. The second-order valence-corrected chi connectivity index (χ2v) is 9.16. The van der Waals surface area contributed by atoms with Crippen molar-refractivity contribution >= 4 is 28.6 Å². The number of hydrogen-bond acceptors (Lipinski definition) is 6. The van der Waals surface area contributed by atoms with Crippen LogP contribution in [0.1, 0.15) is 24.0 Å². The Morgan fingerprint density at radius 1 is 1.14 bits per heavy atom. The third-order valence-electron chi connectivity index (χ3n) is 6.57. The van der Waals surface area contributed by atoms with Crippen molar-refractivity contribution in [2.75, 3.05) is 30.4 Å². The standard InChI is InChI=1S/C28H29N5O3/c1-19-10-12-20(13-11-19)17-33-25-24(9-4-14-29-25)31-26(28(33)35)32-15-5-6-21(18-32)27(34)30-22-7-3-8-23(16-22)36-2/h3-4,7-14,16,21H,5-6,15,17-18H2,1-2H3,(H,30,34). The fourth-order valence-electron chi connectivity index (χ4n) is 4.62. The number of ether oxygens (including phenoxy) is 1. The fraction of sp³-hybridized carbons (Fsp3) is 0.286. The minimum absolute atomic E-state index is 0.0737. The van der Waals surface area contributed by atoms with E-state index in [0.717, 1.165) is 24.0 Å². The predicted molar refractivity (Wildman–Crippen MR) is 141 cm³/mol. The second kappa shape index (κ2) is 10.2. The Hall–Kier alpha value is -4.20. The maximum Gasteiger partial charge on any atom is 0.295 e.